The van der Waals surface area contributed by atoms with E-state index in [0.29, 0.717) is 22.7 Å². The number of aromatic amines is 2. The van der Waals surface area contributed by atoms with Gasteiger partial charge in [0.05, 0.1) is 18.3 Å². The SMILES string of the molecule is COc1ccc2[nH]nc(-c3cc(-c4cc(C(=O)O)[nH]n4)nc(N)c3C#N)c2c1. The molecule has 0 aliphatic heterocycles. The number of benzene rings is 1. The van der Waals surface area contributed by atoms with E-state index in [1.165, 1.54) is 6.07 Å². The zero-order valence-electron chi connectivity index (χ0n) is 14.5. The summed E-state index contributed by atoms with van der Waals surface area (Å²) in [5, 5.41) is 33.0. The van der Waals surface area contributed by atoms with Crippen LogP contribution in [0.25, 0.3) is 33.5 Å². The summed E-state index contributed by atoms with van der Waals surface area (Å²) in [6.45, 7) is 0. The number of H-pyrrole nitrogens is 2. The van der Waals surface area contributed by atoms with Crippen LogP contribution in [0.3, 0.4) is 0 Å². The maximum Gasteiger partial charge on any atom is 0.353 e. The summed E-state index contributed by atoms with van der Waals surface area (Å²) < 4.78 is 5.27. The number of anilines is 1. The molecule has 0 amide bonds. The number of carbonyl (C=O) groups is 1. The van der Waals surface area contributed by atoms with E-state index in [1.54, 1.807) is 25.3 Å². The molecule has 0 aliphatic carbocycles. The number of fused-ring (bicyclic) bond motifs is 1. The Labute approximate surface area is 157 Å². The van der Waals surface area contributed by atoms with Crippen molar-refractivity contribution in [2.24, 2.45) is 0 Å². The Balaban J connectivity index is 1.95. The normalized spacial score (nSPS) is 10.7. The highest BCUT2D eigenvalue weighted by Gasteiger charge is 2.19. The smallest absolute Gasteiger partial charge is 0.353 e. The number of ether oxygens (including phenoxy) is 1. The highest BCUT2D eigenvalue weighted by molar-refractivity contribution is 5.96. The topological polar surface area (TPSA) is 167 Å². The number of aromatic nitrogens is 5. The average molecular weight is 375 g/mol. The van der Waals surface area contributed by atoms with Gasteiger partial charge in [0.1, 0.15) is 40.3 Å². The Kier molecular flexibility index (Phi) is 3.90. The number of nitrogens with two attached hydrogens (primary N) is 1. The molecule has 5 N–H and O–H groups in total. The Hall–Kier alpha value is -4.39. The lowest BCUT2D eigenvalue weighted by molar-refractivity contribution is 0.0690. The fourth-order valence-corrected chi connectivity index (χ4v) is 2.89. The van der Waals surface area contributed by atoms with Gasteiger partial charge in [-0.25, -0.2) is 9.78 Å². The van der Waals surface area contributed by atoms with Crippen LogP contribution in [0.2, 0.25) is 0 Å². The molecular weight excluding hydrogens is 362 g/mol. The van der Waals surface area contributed by atoms with Crippen molar-refractivity contribution in [3.05, 3.63) is 41.6 Å². The first kappa shape index (κ1) is 17.0. The first-order valence-electron chi connectivity index (χ1n) is 8.04. The first-order chi connectivity index (χ1) is 13.5. The number of hydrogen-bond donors (Lipinski definition) is 4. The van der Waals surface area contributed by atoms with E-state index in [2.05, 4.69) is 31.4 Å². The summed E-state index contributed by atoms with van der Waals surface area (Å²) in [6.07, 6.45) is 0. The molecule has 0 unspecified atom stereocenters. The van der Waals surface area contributed by atoms with Crippen LogP contribution in [0.4, 0.5) is 5.82 Å². The Morgan fingerprint density at radius 3 is 2.71 bits per heavy atom. The summed E-state index contributed by atoms with van der Waals surface area (Å²) in [5.74, 6) is -0.519. The third-order valence-corrected chi connectivity index (χ3v) is 4.26. The largest absolute Gasteiger partial charge is 0.497 e. The summed E-state index contributed by atoms with van der Waals surface area (Å²) in [5.41, 5.74) is 8.36. The molecule has 0 aliphatic rings. The van der Waals surface area contributed by atoms with Gasteiger partial charge in [0, 0.05) is 17.0 Å². The molecule has 0 bridgehead atoms. The molecule has 0 saturated carbocycles. The van der Waals surface area contributed by atoms with Crippen LogP contribution < -0.4 is 10.5 Å². The van der Waals surface area contributed by atoms with E-state index in [0.717, 1.165) is 10.9 Å². The lowest BCUT2D eigenvalue weighted by Gasteiger charge is -2.07. The molecule has 10 nitrogen and oxygen atoms in total. The highest BCUT2D eigenvalue weighted by atomic mass is 16.5. The van der Waals surface area contributed by atoms with Crippen molar-refractivity contribution in [1.82, 2.24) is 25.4 Å². The summed E-state index contributed by atoms with van der Waals surface area (Å²) in [4.78, 5) is 15.3. The molecule has 0 fully saturated rings. The van der Waals surface area contributed by atoms with E-state index in [9.17, 15) is 10.1 Å². The van der Waals surface area contributed by atoms with Crippen LogP contribution >= 0.6 is 0 Å². The Bertz CT molecular complexity index is 1270. The quantitative estimate of drug-likeness (QED) is 0.421. The van der Waals surface area contributed by atoms with E-state index in [4.69, 9.17) is 15.6 Å². The molecule has 10 heteroatoms. The van der Waals surface area contributed by atoms with Crippen LogP contribution in [0, 0.1) is 11.3 Å². The van der Waals surface area contributed by atoms with E-state index >= 15 is 0 Å². The molecule has 28 heavy (non-hydrogen) atoms. The lowest BCUT2D eigenvalue weighted by Crippen LogP contribution is -2.00. The number of nitriles is 1. The second-order valence-electron chi connectivity index (χ2n) is 5.88. The molecule has 0 radical (unpaired) electrons. The van der Waals surface area contributed by atoms with Crippen molar-refractivity contribution in [2.75, 3.05) is 12.8 Å². The molecule has 138 valence electrons. The molecular formula is C18H13N7O3. The van der Waals surface area contributed by atoms with Crippen LogP contribution in [-0.4, -0.2) is 43.6 Å². The number of rotatable bonds is 4. The van der Waals surface area contributed by atoms with Gasteiger partial charge in [-0.2, -0.15) is 15.5 Å². The van der Waals surface area contributed by atoms with Crippen molar-refractivity contribution in [1.29, 1.82) is 5.26 Å². The summed E-state index contributed by atoms with van der Waals surface area (Å²) in [7, 11) is 1.56. The third kappa shape index (κ3) is 2.67. The standard InChI is InChI=1S/C18H13N7O3/c1-28-8-2-3-12-10(4-8)16(25-22-12)9-5-13(21-17(20)11(9)7-19)14-6-15(18(26)27)24-23-14/h2-6H,1H3,(H2,20,21)(H,22,25)(H,23,24)(H,26,27). The second-order valence-corrected chi connectivity index (χ2v) is 5.88. The van der Waals surface area contributed by atoms with Crippen molar-refractivity contribution < 1.29 is 14.6 Å². The molecule has 3 aromatic heterocycles. The van der Waals surface area contributed by atoms with Crippen molar-refractivity contribution >= 4 is 22.7 Å². The van der Waals surface area contributed by atoms with Gasteiger partial charge in [-0.05, 0) is 24.3 Å². The van der Waals surface area contributed by atoms with Crippen molar-refractivity contribution in [2.45, 2.75) is 0 Å². The van der Waals surface area contributed by atoms with Crippen LogP contribution in [0.15, 0.2) is 30.3 Å². The highest BCUT2D eigenvalue weighted by Crippen LogP contribution is 2.34. The molecule has 1 aromatic carbocycles. The fraction of sp³-hybridized carbons (Fsp3) is 0.0556. The average Bonchev–Trinajstić information content (AvgIpc) is 3.34. The zero-order chi connectivity index (χ0) is 19.8. The number of pyridine rings is 1. The predicted octanol–water partition coefficient (Wildman–Crippen LogP) is 2.18. The monoisotopic (exact) mass is 375 g/mol. The van der Waals surface area contributed by atoms with Gasteiger partial charge < -0.3 is 15.6 Å². The predicted molar refractivity (Wildman–Crippen MR) is 99.5 cm³/mol. The maximum atomic E-state index is 11.1. The van der Waals surface area contributed by atoms with Crippen LogP contribution in [0.5, 0.6) is 5.75 Å². The summed E-state index contributed by atoms with van der Waals surface area (Å²) in [6, 6.07) is 10.4. The first-order valence-corrected chi connectivity index (χ1v) is 8.04. The molecule has 4 rings (SSSR count). The minimum absolute atomic E-state index is 0.00563. The van der Waals surface area contributed by atoms with E-state index in [-0.39, 0.29) is 22.8 Å². The van der Waals surface area contributed by atoms with Gasteiger partial charge in [0.2, 0.25) is 0 Å². The van der Waals surface area contributed by atoms with Gasteiger partial charge >= 0.3 is 5.97 Å². The lowest BCUT2D eigenvalue weighted by atomic mass is 10.0. The zero-order valence-corrected chi connectivity index (χ0v) is 14.5. The van der Waals surface area contributed by atoms with Gasteiger partial charge in [-0.1, -0.05) is 0 Å². The Morgan fingerprint density at radius 2 is 2.04 bits per heavy atom. The number of carboxylic acid groups (broad SMARTS) is 1. The minimum atomic E-state index is -1.15. The van der Waals surface area contributed by atoms with Gasteiger partial charge in [0.25, 0.3) is 0 Å². The number of nitrogens with one attached hydrogen (secondary N) is 2. The Morgan fingerprint density at radius 1 is 1.21 bits per heavy atom. The number of nitrogen functional groups attached to an aromatic ring is 1. The molecule has 0 spiro atoms. The van der Waals surface area contributed by atoms with Crippen molar-refractivity contribution in [3.8, 4) is 34.5 Å². The fourth-order valence-electron chi connectivity index (χ4n) is 2.89. The second kappa shape index (κ2) is 6.40. The van der Waals surface area contributed by atoms with Gasteiger partial charge in [-0.3, -0.25) is 10.2 Å². The molecule has 3 heterocycles. The van der Waals surface area contributed by atoms with Gasteiger partial charge in [-0.15, -0.1) is 0 Å². The maximum absolute atomic E-state index is 11.1. The molecule has 0 saturated heterocycles. The number of nitrogens with zero attached hydrogens (tertiary/aromatic N) is 4. The number of carboxylic acids is 1. The van der Waals surface area contributed by atoms with Crippen LogP contribution in [0.1, 0.15) is 16.1 Å². The number of methoxy groups -OCH3 is 1. The van der Waals surface area contributed by atoms with Crippen molar-refractivity contribution in [3.63, 3.8) is 0 Å². The molecule has 4 aromatic rings. The number of hydrogen-bond acceptors (Lipinski definition) is 7. The summed E-state index contributed by atoms with van der Waals surface area (Å²) >= 11 is 0. The van der Waals surface area contributed by atoms with E-state index < -0.39 is 5.97 Å². The third-order valence-electron chi connectivity index (χ3n) is 4.26. The van der Waals surface area contributed by atoms with Gasteiger partial charge in [0.15, 0.2) is 0 Å². The number of aromatic carboxylic acids is 1. The molecule has 0 atom stereocenters. The minimum Gasteiger partial charge on any atom is -0.497 e. The van der Waals surface area contributed by atoms with E-state index in [1.807, 2.05) is 6.07 Å². The van der Waals surface area contributed by atoms with Crippen LogP contribution in [-0.2, 0) is 0 Å².